The van der Waals surface area contributed by atoms with E-state index in [0.29, 0.717) is 18.5 Å². The number of benzene rings is 1. The highest BCUT2D eigenvalue weighted by atomic mass is 16.5. The summed E-state index contributed by atoms with van der Waals surface area (Å²) in [7, 11) is 1.59. The molecule has 0 aliphatic carbocycles. The number of likely N-dealkylation sites (tertiary alicyclic amines) is 1. The fourth-order valence-electron chi connectivity index (χ4n) is 2.99. The third kappa shape index (κ3) is 2.92. The number of carbonyl (C=O) groups is 2. The molecule has 3 N–H and O–H groups in total. The minimum absolute atomic E-state index is 0.0642. The van der Waals surface area contributed by atoms with Gasteiger partial charge in [0.05, 0.1) is 13.7 Å². The van der Waals surface area contributed by atoms with Crippen LogP contribution in [0.15, 0.2) is 12.1 Å². The maximum Gasteiger partial charge on any atom is 0.253 e. The quantitative estimate of drug-likeness (QED) is 0.862. The number of aliphatic hydroxyl groups is 1. The summed E-state index contributed by atoms with van der Waals surface area (Å²) in [6.07, 6.45) is 0.825. The number of methoxy groups -OCH3 is 1. The molecular weight excluding hydrogens is 284 g/mol. The number of amides is 2. The third-order valence-corrected chi connectivity index (χ3v) is 4.13. The van der Waals surface area contributed by atoms with Crippen LogP contribution in [-0.4, -0.2) is 47.6 Å². The average Bonchev–Trinajstić information content (AvgIpc) is 2.46. The summed E-state index contributed by atoms with van der Waals surface area (Å²) < 4.78 is 5.29. The van der Waals surface area contributed by atoms with Gasteiger partial charge in [0.1, 0.15) is 5.75 Å². The Morgan fingerprint density at radius 3 is 2.41 bits per heavy atom. The van der Waals surface area contributed by atoms with E-state index in [1.165, 1.54) is 4.90 Å². The highest BCUT2D eigenvalue weighted by molar-refractivity contribution is 5.96. The zero-order valence-corrected chi connectivity index (χ0v) is 13.2. The molecule has 0 saturated carbocycles. The lowest BCUT2D eigenvalue weighted by Gasteiger charge is -2.37. The number of carbonyl (C=O) groups excluding carboxylic acids is 2. The molecule has 6 heteroatoms. The van der Waals surface area contributed by atoms with Crippen LogP contribution in [0.25, 0.3) is 0 Å². The molecule has 0 aromatic heterocycles. The van der Waals surface area contributed by atoms with Gasteiger partial charge in [-0.1, -0.05) is 0 Å². The van der Waals surface area contributed by atoms with Gasteiger partial charge < -0.3 is 20.5 Å². The monoisotopic (exact) mass is 306 g/mol. The van der Waals surface area contributed by atoms with Crippen LogP contribution in [0.5, 0.6) is 5.75 Å². The van der Waals surface area contributed by atoms with Gasteiger partial charge in [-0.05, 0) is 49.9 Å². The number of hydrogen-bond donors (Lipinski definition) is 2. The van der Waals surface area contributed by atoms with E-state index in [2.05, 4.69) is 0 Å². The van der Waals surface area contributed by atoms with Gasteiger partial charge in [-0.2, -0.15) is 0 Å². The second kappa shape index (κ2) is 5.96. The molecule has 1 saturated heterocycles. The van der Waals surface area contributed by atoms with Crippen LogP contribution >= 0.6 is 0 Å². The maximum absolute atomic E-state index is 12.6. The van der Waals surface area contributed by atoms with Gasteiger partial charge in [-0.3, -0.25) is 9.59 Å². The zero-order chi connectivity index (χ0) is 16.5. The maximum atomic E-state index is 12.6. The van der Waals surface area contributed by atoms with E-state index in [0.717, 1.165) is 16.9 Å². The van der Waals surface area contributed by atoms with Crippen molar-refractivity contribution >= 4 is 11.8 Å². The minimum atomic E-state index is -1.63. The molecule has 1 aliphatic heterocycles. The van der Waals surface area contributed by atoms with Crippen LogP contribution in [0, 0.1) is 13.8 Å². The topological polar surface area (TPSA) is 92.9 Å². The van der Waals surface area contributed by atoms with E-state index in [1.807, 2.05) is 13.8 Å². The SMILES string of the molecule is COc1c(C)cc(C(=O)N2CCC[C@](O)(C(N)=O)C2)cc1C. The summed E-state index contributed by atoms with van der Waals surface area (Å²) in [4.78, 5) is 25.5. The number of piperidine rings is 1. The zero-order valence-electron chi connectivity index (χ0n) is 13.2. The van der Waals surface area contributed by atoms with Gasteiger partial charge >= 0.3 is 0 Å². The van der Waals surface area contributed by atoms with E-state index in [4.69, 9.17) is 10.5 Å². The third-order valence-electron chi connectivity index (χ3n) is 4.13. The number of primary amides is 1. The van der Waals surface area contributed by atoms with E-state index < -0.39 is 11.5 Å². The number of rotatable bonds is 3. The molecule has 2 rings (SSSR count). The Morgan fingerprint density at radius 2 is 1.91 bits per heavy atom. The van der Waals surface area contributed by atoms with E-state index >= 15 is 0 Å². The van der Waals surface area contributed by atoms with Crippen molar-refractivity contribution in [3.05, 3.63) is 28.8 Å². The fraction of sp³-hybridized carbons (Fsp3) is 0.500. The molecule has 0 spiro atoms. The molecule has 0 unspecified atom stereocenters. The van der Waals surface area contributed by atoms with Gasteiger partial charge in [-0.25, -0.2) is 0 Å². The molecule has 1 aliphatic rings. The lowest BCUT2D eigenvalue weighted by molar-refractivity contribution is -0.140. The Labute approximate surface area is 129 Å². The van der Waals surface area contributed by atoms with Crippen LogP contribution in [0.2, 0.25) is 0 Å². The predicted molar refractivity (Wildman–Crippen MR) is 81.7 cm³/mol. The Kier molecular flexibility index (Phi) is 4.42. The first-order chi connectivity index (χ1) is 10.3. The second-order valence-corrected chi connectivity index (χ2v) is 5.87. The first-order valence-corrected chi connectivity index (χ1v) is 7.25. The summed E-state index contributed by atoms with van der Waals surface area (Å²) in [6.45, 7) is 4.18. The van der Waals surface area contributed by atoms with Crippen molar-refractivity contribution < 1.29 is 19.4 Å². The van der Waals surface area contributed by atoms with Crippen LogP contribution < -0.4 is 10.5 Å². The molecule has 1 aromatic carbocycles. The van der Waals surface area contributed by atoms with Crippen LogP contribution in [0.1, 0.15) is 34.3 Å². The van der Waals surface area contributed by atoms with Crippen molar-refractivity contribution in [3.8, 4) is 5.75 Å². The Balaban J connectivity index is 2.27. The van der Waals surface area contributed by atoms with Gasteiger partial charge in [0, 0.05) is 12.1 Å². The molecule has 6 nitrogen and oxygen atoms in total. The molecule has 2 amide bonds. The summed E-state index contributed by atoms with van der Waals surface area (Å²) in [5, 5.41) is 10.2. The summed E-state index contributed by atoms with van der Waals surface area (Å²) in [5.74, 6) is -0.246. The second-order valence-electron chi connectivity index (χ2n) is 5.87. The highest BCUT2D eigenvalue weighted by Crippen LogP contribution is 2.27. The summed E-state index contributed by atoms with van der Waals surface area (Å²) in [6, 6.07) is 3.51. The normalized spacial score (nSPS) is 21.5. The standard InChI is InChI=1S/C16H22N2O4/c1-10-7-12(8-11(2)13(10)22-3)14(19)18-6-4-5-16(21,9-18)15(17)20/h7-8,21H,4-6,9H2,1-3H3,(H2,17,20)/t16-/m1/s1. The number of aryl methyl sites for hydroxylation is 2. The van der Waals surface area contributed by atoms with E-state index in [9.17, 15) is 14.7 Å². The van der Waals surface area contributed by atoms with Gasteiger partial charge in [0.25, 0.3) is 11.8 Å². The van der Waals surface area contributed by atoms with Crippen molar-refractivity contribution in [1.82, 2.24) is 4.90 Å². The fourth-order valence-corrected chi connectivity index (χ4v) is 2.99. The van der Waals surface area contributed by atoms with Crippen LogP contribution in [0.3, 0.4) is 0 Å². The van der Waals surface area contributed by atoms with Crippen LogP contribution in [0.4, 0.5) is 0 Å². The number of ether oxygens (including phenoxy) is 1. The van der Waals surface area contributed by atoms with Crippen molar-refractivity contribution in [3.63, 3.8) is 0 Å². The molecule has 22 heavy (non-hydrogen) atoms. The van der Waals surface area contributed by atoms with Gasteiger partial charge in [-0.15, -0.1) is 0 Å². The Bertz CT molecular complexity index is 591. The van der Waals surface area contributed by atoms with E-state index in [1.54, 1.807) is 19.2 Å². The molecule has 0 radical (unpaired) electrons. The summed E-state index contributed by atoms with van der Waals surface area (Å²) in [5.41, 5.74) is 5.87. The first kappa shape index (κ1) is 16.3. The molecular formula is C16H22N2O4. The minimum Gasteiger partial charge on any atom is -0.496 e. The number of nitrogens with two attached hydrogens (primary N) is 1. The molecule has 1 fully saturated rings. The summed E-state index contributed by atoms with van der Waals surface area (Å²) >= 11 is 0. The molecule has 120 valence electrons. The smallest absolute Gasteiger partial charge is 0.253 e. The van der Waals surface area contributed by atoms with Gasteiger partial charge in [0.2, 0.25) is 0 Å². The largest absolute Gasteiger partial charge is 0.496 e. The molecule has 1 heterocycles. The van der Waals surface area contributed by atoms with Gasteiger partial charge in [0.15, 0.2) is 5.60 Å². The molecule has 1 atom stereocenters. The predicted octanol–water partition coefficient (Wildman–Crippen LogP) is 0.764. The Morgan fingerprint density at radius 1 is 1.32 bits per heavy atom. The molecule has 0 bridgehead atoms. The average molecular weight is 306 g/mol. The number of nitrogens with zero attached hydrogens (tertiary/aromatic N) is 1. The lowest BCUT2D eigenvalue weighted by atomic mass is 9.91. The lowest BCUT2D eigenvalue weighted by Crippen LogP contribution is -2.57. The van der Waals surface area contributed by atoms with E-state index in [-0.39, 0.29) is 18.9 Å². The first-order valence-electron chi connectivity index (χ1n) is 7.25. The van der Waals surface area contributed by atoms with Crippen LogP contribution in [-0.2, 0) is 4.79 Å². The highest BCUT2D eigenvalue weighted by Gasteiger charge is 2.40. The van der Waals surface area contributed by atoms with Crippen molar-refractivity contribution in [2.24, 2.45) is 5.73 Å². The Hall–Kier alpha value is -2.08. The van der Waals surface area contributed by atoms with Crippen molar-refractivity contribution in [2.45, 2.75) is 32.3 Å². The number of hydrogen-bond acceptors (Lipinski definition) is 4. The van der Waals surface area contributed by atoms with Crippen molar-refractivity contribution in [1.29, 1.82) is 0 Å². The van der Waals surface area contributed by atoms with Crippen molar-refractivity contribution in [2.75, 3.05) is 20.2 Å². The number of β-amino-alcohol motifs (C(OH)–C–C–N with tert-alkyl or cyclic N) is 1. The molecule has 1 aromatic rings.